The smallest absolute Gasteiger partial charge is 0.303 e. The lowest BCUT2D eigenvalue weighted by atomic mass is 10.1. The number of aliphatic carboxylic acids is 1. The van der Waals surface area contributed by atoms with Crippen LogP contribution in [0.2, 0.25) is 0 Å². The number of amides is 1. The summed E-state index contributed by atoms with van der Waals surface area (Å²) in [6, 6.07) is 15.5. The summed E-state index contributed by atoms with van der Waals surface area (Å²) in [6.45, 7) is 2.37. The fraction of sp³-hybridized carbons (Fsp3) is 0.300. The van der Waals surface area contributed by atoms with Gasteiger partial charge in [0.1, 0.15) is 12.4 Å². The van der Waals surface area contributed by atoms with Crippen LogP contribution in [0.25, 0.3) is 0 Å². The fourth-order valence-corrected chi connectivity index (χ4v) is 2.38. The van der Waals surface area contributed by atoms with Crippen molar-refractivity contribution in [3.05, 3.63) is 59.7 Å². The summed E-state index contributed by atoms with van der Waals surface area (Å²) in [7, 11) is 0. The third kappa shape index (κ3) is 6.67. The van der Waals surface area contributed by atoms with Gasteiger partial charge in [-0.2, -0.15) is 0 Å². The molecule has 0 bridgehead atoms. The van der Waals surface area contributed by atoms with E-state index in [0.29, 0.717) is 37.3 Å². The highest BCUT2D eigenvalue weighted by Gasteiger charge is 2.09. The molecule has 5 nitrogen and oxygen atoms in total. The van der Waals surface area contributed by atoms with E-state index in [1.807, 2.05) is 55.5 Å². The minimum atomic E-state index is -0.837. The molecule has 1 amide bonds. The molecule has 0 aliphatic carbocycles. The third-order valence-electron chi connectivity index (χ3n) is 3.69. The molecule has 25 heavy (non-hydrogen) atoms. The van der Waals surface area contributed by atoms with E-state index in [4.69, 9.17) is 9.84 Å². The molecule has 5 heteroatoms. The molecule has 0 radical (unpaired) electrons. The van der Waals surface area contributed by atoms with Crippen LogP contribution in [-0.2, 0) is 16.2 Å². The van der Waals surface area contributed by atoms with Crippen LogP contribution in [0.5, 0.6) is 5.75 Å². The van der Waals surface area contributed by atoms with Crippen LogP contribution in [0.3, 0.4) is 0 Å². The number of unbranched alkanes of at least 4 members (excludes halogenated alkanes) is 1. The lowest BCUT2D eigenvalue weighted by molar-refractivity contribution is -0.137. The van der Waals surface area contributed by atoms with Crippen LogP contribution in [0.4, 0.5) is 5.69 Å². The van der Waals surface area contributed by atoms with Crippen LogP contribution >= 0.6 is 0 Å². The summed E-state index contributed by atoms with van der Waals surface area (Å²) in [5, 5.41) is 11.5. The second-order valence-corrected chi connectivity index (χ2v) is 5.92. The summed E-state index contributed by atoms with van der Waals surface area (Å²) in [5.74, 6) is -0.357. The molecule has 0 aromatic heterocycles. The van der Waals surface area contributed by atoms with Gasteiger partial charge in [0.15, 0.2) is 0 Å². The van der Waals surface area contributed by atoms with Crippen LogP contribution in [0.1, 0.15) is 36.8 Å². The second-order valence-electron chi connectivity index (χ2n) is 5.92. The number of ether oxygens (including phenoxy) is 1. The zero-order chi connectivity index (χ0) is 18.1. The molecule has 0 aliphatic heterocycles. The SMILES string of the molecule is Cc1ccc(OCc2ccccc2)c(NC(=O)CCCCC(=O)O)c1. The Morgan fingerprint density at radius 3 is 2.48 bits per heavy atom. The van der Waals surface area contributed by atoms with E-state index < -0.39 is 5.97 Å². The first kappa shape index (κ1) is 18.5. The Morgan fingerprint density at radius 1 is 1.04 bits per heavy atom. The number of anilines is 1. The minimum absolute atomic E-state index is 0.0865. The molecule has 0 unspecified atom stereocenters. The van der Waals surface area contributed by atoms with Crippen molar-refractivity contribution in [3.8, 4) is 5.75 Å². The van der Waals surface area contributed by atoms with Gasteiger partial charge in [0.05, 0.1) is 5.69 Å². The summed E-state index contributed by atoms with van der Waals surface area (Å²) in [6.07, 6.45) is 1.42. The predicted octanol–water partition coefficient (Wildman–Crippen LogP) is 4.16. The summed E-state index contributed by atoms with van der Waals surface area (Å²) in [5.41, 5.74) is 2.71. The third-order valence-corrected chi connectivity index (χ3v) is 3.69. The van der Waals surface area contributed by atoms with Crippen LogP contribution in [0.15, 0.2) is 48.5 Å². The second kappa shape index (κ2) is 9.47. The van der Waals surface area contributed by atoms with Crippen molar-refractivity contribution in [2.45, 2.75) is 39.2 Å². The average Bonchev–Trinajstić information content (AvgIpc) is 2.59. The Morgan fingerprint density at radius 2 is 1.76 bits per heavy atom. The first-order valence-electron chi connectivity index (χ1n) is 8.33. The average molecular weight is 341 g/mol. The van der Waals surface area contributed by atoms with Crippen molar-refractivity contribution in [3.63, 3.8) is 0 Å². The quantitative estimate of drug-likeness (QED) is 0.672. The summed E-state index contributed by atoms with van der Waals surface area (Å²) >= 11 is 0. The Bertz CT molecular complexity index is 713. The number of carbonyl (C=O) groups is 2. The van der Waals surface area contributed by atoms with Gasteiger partial charge in [-0.1, -0.05) is 36.4 Å². The highest BCUT2D eigenvalue weighted by molar-refractivity contribution is 5.92. The number of aryl methyl sites for hydroxylation is 1. The normalized spacial score (nSPS) is 10.3. The fourth-order valence-electron chi connectivity index (χ4n) is 2.38. The number of benzene rings is 2. The zero-order valence-corrected chi connectivity index (χ0v) is 14.3. The number of hydrogen-bond acceptors (Lipinski definition) is 3. The van der Waals surface area contributed by atoms with Crippen LogP contribution in [-0.4, -0.2) is 17.0 Å². The van der Waals surface area contributed by atoms with Crippen LogP contribution in [0, 0.1) is 6.92 Å². The van der Waals surface area contributed by atoms with E-state index in [9.17, 15) is 9.59 Å². The molecule has 2 aromatic rings. The van der Waals surface area contributed by atoms with Gasteiger partial charge in [-0.25, -0.2) is 0 Å². The maximum absolute atomic E-state index is 12.1. The van der Waals surface area contributed by atoms with Crippen molar-refractivity contribution < 1.29 is 19.4 Å². The molecule has 0 saturated carbocycles. The largest absolute Gasteiger partial charge is 0.487 e. The van der Waals surface area contributed by atoms with Gasteiger partial charge in [-0.3, -0.25) is 9.59 Å². The number of hydrogen-bond donors (Lipinski definition) is 2. The van der Waals surface area contributed by atoms with Crippen molar-refractivity contribution in [1.82, 2.24) is 0 Å². The van der Waals surface area contributed by atoms with E-state index in [1.54, 1.807) is 0 Å². The predicted molar refractivity (Wildman–Crippen MR) is 96.7 cm³/mol. The van der Waals surface area contributed by atoms with Crippen LogP contribution < -0.4 is 10.1 Å². The molecular weight excluding hydrogens is 318 g/mol. The standard InChI is InChI=1S/C20H23NO4/c1-15-11-12-18(25-14-16-7-3-2-4-8-16)17(13-15)21-19(22)9-5-6-10-20(23)24/h2-4,7-8,11-13H,5-6,9-10,14H2,1H3,(H,21,22)(H,23,24). The van der Waals surface area contributed by atoms with Gasteiger partial charge in [0.2, 0.25) is 5.91 Å². The molecule has 0 spiro atoms. The lowest BCUT2D eigenvalue weighted by Gasteiger charge is -2.13. The molecule has 0 saturated heterocycles. The van der Waals surface area contributed by atoms with Crippen molar-refractivity contribution >= 4 is 17.6 Å². The first-order valence-corrected chi connectivity index (χ1v) is 8.33. The van der Waals surface area contributed by atoms with Crippen molar-refractivity contribution in [2.75, 3.05) is 5.32 Å². The van der Waals surface area contributed by atoms with E-state index in [2.05, 4.69) is 5.32 Å². The van der Waals surface area contributed by atoms with E-state index in [-0.39, 0.29) is 12.3 Å². The molecule has 2 aromatic carbocycles. The first-order chi connectivity index (χ1) is 12.0. The number of carbonyl (C=O) groups excluding carboxylic acids is 1. The Hall–Kier alpha value is -2.82. The number of carboxylic acids is 1. The van der Waals surface area contributed by atoms with E-state index >= 15 is 0 Å². The molecule has 0 heterocycles. The Labute approximate surface area is 147 Å². The molecule has 2 N–H and O–H groups in total. The van der Waals surface area contributed by atoms with Gasteiger partial charge < -0.3 is 15.2 Å². The van der Waals surface area contributed by atoms with Gasteiger partial charge in [-0.15, -0.1) is 0 Å². The maximum Gasteiger partial charge on any atom is 0.303 e. The summed E-state index contributed by atoms with van der Waals surface area (Å²) in [4.78, 5) is 22.6. The van der Waals surface area contributed by atoms with Gasteiger partial charge in [0.25, 0.3) is 0 Å². The summed E-state index contributed by atoms with van der Waals surface area (Å²) < 4.78 is 5.84. The van der Waals surface area contributed by atoms with Crippen molar-refractivity contribution in [1.29, 1.82) is 0 Å². The molecular formula is C20H23NO4. The molecule has 132 valence electrons. The van der Waals surface area contributed by atoms with E-state index in [1.165, 1.54) is 0 Å². The number of nitrogens with one attached hydrogen (secondary N) is 1. The Balaban J connectivity index is 1.93. The highest BCUT2D eigenvalue weighted by atomic mass is 16.5. The molecule has 2 rings (SSSR count). The molecule has 0 aliphatic rings. The van der Waals surface area contributed by atoms with Gasteiger partial charge in [-0.05, 0) is 43.0 Å². The number of carboxylic acid groups (broad SMARTS) is 1. The molecule has 0 fully saturated rings. The lowest BCUT2D eigenvalue weighted by Crippen LogP contribution is -2.12. The van der Waals surface area contributed by atoms with Gasteiger partial charge in [0, 0.05) is 12.8 Å². The topological polar surface area (TPSA) is 75.6 Å². The highest BCUT2D eigenvalue weighted by Crippen LogP contribution is 2.27. The zero-order valence-electron chi connectivity index (χ0n) is 14.3. The maximum atomic E-state index is 12.1. The monoisotopic (exact) mass is 341 g/mol. The van der Waals surface area contributed by atoms with Gasteiger partial charge >= 0.3 is 5.97 Å². The van der Waals surface area contributed by atoms with E-state index in [0.717, 1.165) is 11.1 Å². The molecule has 0 atom stereocenters. The van der Waals surface area contributed by atoms with Crippen molar-refractivity contribution in [2.24, 2.45) is 0 Å². The number of rotatable bonds is 9. The minimum Gasteiger partial charge on any atom is -0.487 e. The Kier molecular flexibility index (Phi) is 7.01.